The molecule has 0 radical (unpaired) electrons. The molecule has 1 spiro atoms. The number of alkyl halides is 3. The lowest BCUT2D eigenvalue weighted by molar-refractivity contribution is -0.300. The molecule has 0 bridgehead atoms. The summed E-state index contributed by atoms with van der Waals surface area (Å²) in [5.41, 5.74) is 0.220. The van der Waals surface area contributed by atoms with Gasteiger partial charge in [-0.3, -0.25) is 9.47 Å². The van der Waals surface area contributed by atoms with Crippen LogP contribution in [0.5, 0.6) is 0 Å². The van der Waals surface area contributed by atoms with E-state index in [0.29, 0.717) is 23.9 Å². The van der Waals surface area contributed by atoms with Crippen molar-refractivity contribution >= 4 is 23.5 Å². The van der Waals surface area contributed by atoms with Gasteiger partial charge >= 0.3 is 6.18 Å². The third-order valence-corrected chi connectivity index (χ3v) is 8.59. The standard InChI is InChI=1S/C25H26ClF3N8O/c1-15-4-5-30-21(31-15)35-11-23(12-35)13-36(14-23)22-33-32-20-10-34(18-7-24(38,8-18)25(27,28)29)9-16-6-17(26)2-3-19(16)37(20)22/h2-6,18,38H,7-14H2,1H3. The molecule has 5 heterocycles. The monoisotopic (exact) mass is 546 g/mol. The molecule has 3 aliphatic heterocycles. The third-order valence-electron chi connectivity index (χ3n) is 8.36. The van der Waals surface area contributed by atoms with Gasteiger partial charge in [0.25, 0.3) is 0 Å². The molecular formula is C25H26ClF3N8O. The van der Waals surface area contributed by atoms with E-state index < -0.39 is 17.8 Å². The van der Waals surface area contributed by atoms with Crippen molar-refractivity contribution in [3.63, 3.8) is 0 Å². The van der Waals surface area contributed by atoms with Gasteiger partial charge in [0.1, 0.15) is 0 Å². The number of halogens is 4. The zero-order chi connectivity index (χ0) is 26.4. The van der Waals surface area contributed by atoms with E-state index in [1.54, 1.807) is 12.3 Å². The Bertz CT molecular complexity index is 1410. The van der Waals surface area contributed by atoms with Gasteiger partial charge in [-0.2, -0.15) is 13.2 Å². The third kappa shape index (κ3) is 3.68. The quantitative estimate of drug-likeness (QED) is 0.536. The van der Waals surface area contributed by atoms with Crippen LogP contribution >= 0.6 is 11.6 Å². The first kappa shape index (κ1) is 24.1. The summed E-state index contributed by atoms with van der Waals surface area (Å²) in [6, 6.07) is 7.03. The molecule has 0 unspecified atom stereocenters. The molecule has 1 aliphatic carbocycles. The predicted octanol–water partition coefficient (Wildman–Crippen LogP) is 3.12. The Hall–Kier alpha value is -2.96. The van der Waals surface area contributed by atoms with E-state index in [0.717, 1.165) is 55.0 Å². The summed E-state index contributed by atoms with van der Waals surface area (Å²) in [5.74, 6) is 2.14. The molecule has 7 rings (SSSR count). The lowest BCUT2D eigenvalue weighted by Gasteiger charge is -2.60. The topological polar surface area (TPSA) is 86.4 Å². The summed E-state index contributed by atoms with van der Waals surface area (Å²) >= 11 is 6.32. The molecule has 4 aliphatic rings. The first-order chi connectivity index (χ1) is 18.0. The largest absolute Gasteiger partial charge is 0.417 e. The number of nitrogens with zero attached hydrogens (tertiary/aromatic N) is 8. The Labute approximate surface area is 221 Å². The number of aromatic nitrogens is 5. The van der Waals surface area contributed by atoms with Gasteiger partial charge in [-0.15, -0.1) is 10.2 Å². The van der Waals surface area contributed by atoms with E-state index in [1.807, 2.05) is 34.6 Å². The molecule has 1 saturated carbocycles. The van der Waals surface area contributed by atoms with E-state index in [4.69, 9.17) is 11.6 Å². The molecule has 200 valence electrons. The van der Waals surface area contributed by atoms with Gasteiger partial charge in [-0.1, -0.05) is 11.6 Å². The number of hydrogen-bond donors (Lipinski definition) is 1. The van der Waals surface area contributed by atoms with Gasteiger partial charge in [0.15, 0.2) is 11.4 Å². The fourth-order valence-corrected chi connectivity index (χ4v) is 6.48. The van der Waals surface area contributed by atoms with Crippen LogP contribution in [0.1, 0.15) is 29.9 Å². The van der Waals surface area contributed by atoms with Gasteiger partial charge in [0, 0.05) is 73.9 Å². The first-order valence-electron chi connectivity index (χ1n) is 12.6. The SMILES string of the molecule is Cc1ccnc(N2CC3(C2)CN(c2nnc4n2-c2ccc(Cl)cc2CN(C2CC(O)(C(F)(F)F)C2)C4)C3)n1. The number of rotatable bonds is 3. The Morgan fingerprint density at radius 1 is 1.03 bits per heavy atom. The van der Waals surface area contributed by atoms with Crippen LogP contribution in [0.15, 0.2) is 30.5 Å². The molecule has 3 aromatic rings. The number of fused-ring (bicyclic) bond motifs is 3. The molecule has 0 amide bonds. The maximum Gasteiger partial charge on any atom is 0.417 e. The van der Waals surface area contributed by atoms with E-state index in [-0.39, 0.29) is 18.3 Å². The van der Waals surface area contributed by atoms with Crippen LogP contribution in [0, 0.1) is 12.3 Å². The minimum absolute atomic E-state index is 0.146. The zero-order valence-electron chi connectivity index (χ0n) is 20.7. The van der Waals surface area contributed by atoms with Crippen molar-refractivity contribution in [3.05, 3.63) is 52.6 Å². The fraction of sp³-hybridized carbons (Fsp3) is 0.520. The molecule has 3 fully saturated rings. The smallest absolute Gasteiger partial charge is 0.380 e. The Morgan fingerprint density at radius 3 is 2.47 bits per heavy atom. The molecule has 13 heteroatoms. The van der Waals surface area contributed by atoms with Gasteiger partial charge in [-0.05, 0) is 36.8 Å². The van der Waals surface area contributed by atoms with E-state index >= 15 is 0 Å². The normalized spacial score (nSPS) is 26.2. The van der Waals surface area contributed by atoms with Crippen molar-refractivity contribution in [2.75, 3.05) is 36.0 Å². The van der Waals surface area contributed by atoms with Gasteiger partial charge in [-0.25, -0.2) is 9.97 Å². The van der Waals surface area contributed by atoms with Crippen molar-refractivity contribution in [3.8, 4) is 5.69 Å². The van der Waals surface area contributed by atoms with Crippen LogP contribution in [-0.4, -0.2) is 78.7 Å². The van der Waals surface area contributed by atoms with Crippen molar-refractivity contribution in [1.29, 1.82) is 0 Å². The second kappa shape index (κ2) is 8.03. The van der Waals surface area contributed by atoms with Crippen LogP contribution in [0.25, 0.3) is 5.69 Å². The van der Waals surface area contributed by atoms with E-state index in [9.17, 15) is 18.3 Å². The minimum Gasteiger partial charge on any atom is -0.380 e. The summed E-state index contributed by atoms with van der Waals surface area (Å²) < 4.78 is 41.9. The molecule has 38 heavy (non-hydrogen) atoms. The van der Waals surface area contributed by atoms with Gasteiger partial charge < -0.3 is 14.9 Å². The fourth-order valence-electron chi connectivity index (χ4n) is 6.28. The molecule has 9 nitrogen and oxygen atoms in total. The van der Waals surface area contributed by atoms with Crippen molar-refractivity contribution in [2.24, 2.45) is 5.41 Å². The van der Waals surface area contributed by atoms with Crippen LogP contribution in [0.2, 0.25) is 5.02 Å². The average Bonchev–Trinajstić information content (AvgIpc) is 3.09. The highest BCUT2D eigenvalue weighted by Gasteiger charge is 2.62. The van der Waals surface area contributed by atoms with Crippen molar-refractivity contribution in [2.45, 2.75) is 50.7 Å². The molecular weight excluding hydrogens is 521 g/mol. The Kier molecular flexibility index (Phi) is 5.09. The highest BCUT2D eigenvalue weighted by atomic mass is 35.5. The number of anilines is 2. The Morgan fingerprint density at radius 2 is 1.76 bits per heavy atom. The summed E-state index contributed by atoms with van der Waals surface area (Å²) in [5, 5.41) is 19.6. The zero-order valence-corrected chi connectivity index (χ0v) is 21.4. The molecule has 2 saturated heterocycles. The molecule has 1 N–H and O–H groups in total. The van der Waals surface area contributed by atoms with Crippen LogP contribution in [0.3, 0.4) is 0 Å². The molecule has 1 aromatic carbocycles. The number of hydrogen-bond acceptors (Lipinski definition) is 8. The second-order valence-electron chi connectivity index (χ2n) is 11.2. The minimum atomic E-state index is -4.64. The van der Waals surface area contributed by atoms with Crippen LogP contribution in [-0.2, 0) is 13.1 Å². The van der Waals surface area contributed by atoms with Gasteiger partial charge in [0.2, 0.25) is 11.9 Å². The molecule has 0 atom stereocenters. The summed E-state index contributed by atoms with van der Waals surface area (Å²) in [6.07, 6.45) is -3.58. The maximum absolute atomic E-state index is 13.3. The second-order valence-corrected chi connectivity index (χ2v) is 11.7. The summed E-state index contributed by atoms with van der Waals surface area (Å²) in [7, 11) is 0. The van der Waals surface area contributed by atoms with E-state index in [2.05, 4.69) is 30.0 Å². The Balaban J connectivity index is 1.12. The average molecular weight is 547 g/mol. The lowest BCUT2D eigenvalue weighted by atomic mass is 9.73. The lowest BCUT2D eigenvalue weighted by Crippen LogP contribution is -2.73. The summed E-state index contributed by atoms with van der Waals surface area (Å²) in [6.45, 7) is 6.08. The summed E-state index contributed by atoms with van der Waals surface area (Å²) in [4.78, 5) is 15.2. The van der Waals surface area contributed by atoms with Crippen molar-refractivity contribution in [1.82, 2.24) is 29.6 Å². The maximum atomic E-state index is 13.3. The highest BCUT2D eigenvalue weighted by Crippen LogP contribution is 2.49. The van der Waals surface area contributed by atoms with Gasteiger partial charge in [0.05, 0.1) is 12.2 Å². The number of aliphatic hydroxyl groups is 1. The number of aryl methyl sites for hydroxylation is 1. The predicted molar refractivity (Wildman–Crippen MR) is 133 cm³/mol. The van der Waals surface area contributed by atoms with Crippen molar-refractivity contribution < 1.29 is 18.3 Å². The van der Waals surface area contributed by atoms with Crippen LogP contribution < -0.4 is 9.80 Å². The number of benzene rings is 1. The van der Waals surface area contributed by atoms with Crippen LogP contribution in [0.4, 0.5) is 25.1 Å². The first-order valence-corrected chi connectivity index (χ1v) is 13.0. The van der Waals surface area contributed by atoms with E-state index in [1.165, 1.54) is 0 Å². The molecule has 2 aromatic heterocycles. The highest BCUT2D eigenvalue weighted by molar-refractivity contribution is 6.30.